The van der Waals surface area contributed by atoms with Gasteiger partial charge in [0.05, 0.1) is 6.10 Å². The molecule has 1 fully saturated rings. The molecule has 100 valence electrons. The Labute approximate surface area is 110 Å². The van der Waals surface area contributed by atoms with Crippen molar-refractivity contribution in [1.29, 1.82) is 0 Å². The zero-order valence-corrected chi connectivity index (χ0v) is 11.4. The highest BCUT2D eigenvalue weighted by molar-refractivity contribution is 5.22. The van der Waals surface area contributed by atoms with Crippen LogP contribution in [0.25, 0.3) is 0 Å². The number of aryl methyl sites for hydroxylation is 1. The lowest BCUT2D eigenvalue weighted by Gasteiger charge is -2.26. The highest BCUT2D eigenvalue weighted by Gasteiger charge is 2.19. The molecule has 1 aromatic rings. The molecular weight excluding hydrogens is 222 g/mol. The number of rotatable bonds is 5. The highest BCUT2D eigenvalue weighted by atomic mass is 16.3. The smallest absolute Gasteiger partial charge is 0.0543 e. The lowest BCUT2D eigenvalue weighted by molar-refractivity contribution is 0.101. The Morgan fingerprint density at radius 3 is 2.56 bits per heavy atom. The first-order valence-electron chi connectivity index (χ1n) is 7.24. The molecule has 18 heavy (non-hydrogen) atoms. The molecule has 2 unspecified atom stereocenters. The van der Waals surface area contributed by atoms with Crippen LogP contribution in [-0.4, -0.2) is 17.8 Å². The van der Waals surface area contributed by atoms with E-state index in [9.17, 15) is 5.11 Å². The van der Waals surface area contributed by atoms with E-state index < -0.39 is 0 Å². The molecule has 0 heterocycles. The van der Waals surface area contributed by atoms with Crippen molar-refractivity contribution in [2.24, 2.45) is 5.92 Å². The van der Waals surface area contributed by atoms with Crippen LogP contribution in [0.1, 0.15) is 43.7 Å². The molecule has 0 aliphatic heterocycles. The van der Waals surface area contributed by atoms with Gasteiger partial charge in [-0.1, -0.05) is 37.6 Å². The fourth-order valence-electron chi connectivity index (χ4n) is 2.76. The molecule has 2 nitrogen and oxygen atoms in total. The maximum absolute atomic E-state index is 9.63. The maximum atomic E-state index is 9.63. The van der Waals surface area contributed by atoms with Gasteiger partial charge in [0.15, 0.2) is 0 Å². The predicted octanol–water partition coefficient (Wildman–Crippen LogP) is 2.89. The van der Waals surface area contributed by atoms with Crippen LogP contribution in [0, 0.1) is 5.92 Å². The van der Waals surface area contributed by atoms with Gasteiger partial charge >= 0.3 is 0 Å². The zero-order chi connectivity index (χ0) is 12.8. The fraction of sp³-hybridized carbons (Fsp3) is 0.625. The van der Waals surface area contributed by atoms with Crippen molar-refractivity contribution < 1.29 is 5.11 Å². The number of nitrogens with one attached hydrogen (secondary N) is 1. The van der Waals surface area contributed by atoms with Crippen LogP contribution in [0.15, 0.2) is 24.3 Å². The van der Waals surface area contributed by atoms with E-state index in [-0.39, 0.29) is 6.10 Å². The van der Waals surface area contributed by atoms with Crippen LogP contribution < -0.4 is 5.32 Å². The summed E-state index contributed by atoms with van der Waals surface area (Å²) < 4.78 is 0. The van der Waals surface area contributed by atoms with Gasteiger partial charge in [-0.25, -0.2) is 0 Å². The number of hydrogen-bond donors (Lipinski definition) is 2. The van der Waals surface area contributed by atoms with Gasteiger partial charge in [-0.15, -0.1) is 0 Å². The summed E-state index contributed by atoms with van der Waals surface area (Å²) in [7, 11) is 0. The molecule has 1 aromatic carbocycles. The summed E-state index contributed by atoms with van der Waals surface area (Å²) in [5, 5.41) is 13.1. The summed E-state index contributed by atoms with van der Waals surface area (Å²) in [6.07, 6.45) is 5.46. The van der Waals surface area contributed by atoms with E-state index in [2.05, 4.69) is 36.5 Å². The molecular formula is C16H25NO. The first kappa shape index (κ1) is 13.6. The first-order chi connectivity index (χ1) is 8.78. The summed E-state index contributed by atoms with van der Waals surface area (Å²) >= 11 is 0. The van der Waals surface area contributed by atoms with E-state index in [4.69, 9.17) is 0 Å². The zero-order valence-electron chi connectivity index (χ0n) is 11.4. The average molecular weight is 247 g/mol. The highest BCUT2D eigenvalue weighted by Crippen LogP contribution is 2.23. The molecule has 0 saturated heterocycles. The molecule has 2 rings (SSSR count). The fourth-order valence-corrected chi connectivity index (χ4v) is 2.76. The van der Waals surface area contributed by atoms with E-state index in [1.165, 1.54) is 24.0 Å². The van der Waals surface area contributed by atoms with Gasteiger partial charge in [-0.2, -0.15) is 0 Å². The Balaban J connectivity index is 1.70. The minimum atomic E-state index is -0.0608. The second kappa shape index (κ2) is 6.91. The molecule has 1 saturated carbocycles. The van der Waals surface area contributed by atoms with Gasteiger partial charge in [0.25, 0.3) is 0 Å². The van der Waals surface area contributed by atoms with E-state index >= 15 is 0 Å². The number of hydrogen-bond acceptors (Lipinski definition) is 2. The summed E-state index contributed by atoms with van der Waals surface area (Å²) in [6.45, 7) is 4.16. The topological polar surface area (TPSA) is 32.3 Å². The number of benzene rings is 1. The van der Waals surface area contributed by atoms with E-state index in [0.29, 0.717) is 5.92 Å². The quantitative estimate of drug-likeness (QED) is 0.838. The van der Waals surface area contributed by atoms with Gasteiger partial charge in [-0.3, -0.25) is 0 Å². The van der Waals surface area contributed by atoms with Gasteiger partial charge in [0, 0.05) is 6.54 Å². The van der Waals surface area contributed by atoms with E-state index in [1.807, 2.05) is 0 Å². The van der Waals surface area contributed by atoms with Gasteiger partial charge < -0.3 is 10.4 Å². The monoisotopic (exact) mass is 247 g/mol. The van der Waals surface area contributed by atoms with Crippen LogP contribution in [0.4, 0.5) is 0 Å². The number of aliphatic hydroxyl groups excluding tert-OH is 1. The molecule has 1 aliphatic rings. The lowest BCUT2D eigenvalue weighted by atomic mass is 9.87. The summed E-state index contributed by atoms with van der Waals surface area (Å²) in [5.41, 5.74) is 2.75. The second-order valence-corrected chi connectivity index (χ2v) is 5.49. The number of aliphatic hydroxyl groups is 1. The van der Waals surface area contributed by atoms with Crippen LogP contribution in [0.2, 0.25) is 0 Å². The van der Waals surface area contributed by atoms with Gasteiger partial charge in [0.2, 0.25) is 0 Å². The minimum Gasteiger partial charge on any atom is -0.393 e. The van der Waals surface area contributed by atoms with Crippen LogP contribution in [0.3, 0.4) is 0 Å². The Morgan fingerprint density at radius 2 is 1.89 bits per heavy atom. The maximum Gasteiger partial charge on any atom is 0.0543 e. The lowest BCUT2D eigenvalue weighted by Crippen LogP contribution is -2.28. The summed E-state index contributed by atoms with van der Waals surface area (Å²) in [4.78, 5) is 0. The largest absolute Gasteiger partial charge is 0.393 e. The Kier molecular flexibility index (Phi) is 5.21. The first-order valence-corrected chi connectivity index (χ1v) is 7.24. The summed E-state index contributed by atoms with van der Waals surface area (Å²) in [5.74, 6) is 0.656. The van der Waals surface area contributed by atoms with Crippen molar-refractivity contribution in [3.05, 3.63) is 35.4 Å². The molecule has 2 heteroatoms. The third kappa shape index (κ3) is 4.11. The molecule has 2 N–H and O–H groups in total. The van der Waals surface area contributed by atoms with Crippen molar-refractivity contribution in [3.8, 4) is 0 Å². The van der Waals surface area contributed by atoms with Crippen LogP contribution >= 0.6 is 0 Å². The Bertz CT molecular complexity index is 347. The standard InChI is InChI=1S/C16H25NO/c1-2-13-6-8-14(9-7-13)11-17-12-15-4-3-5-16(18)10-15/h6-9,15-18H,2-5,10-12H2,1H3. The third-order valence-corrected chi connectivity index (χ3v) is 3.95. The molecule has 0 amide bonds. The van der Waals surface area contributed by atoms with E-state index in [0.717, 1.165) is 32.4 Å². The molecule has 0 bridgehead atoms. The van der Waals surface area contributed by atoms with Crippen molar-refractivity contribution in [2.75, 3.05) is 6.54 Å². The molecule has 2 atom stereocenters. The minimum absolute atomic E-state index is 0.0608. The molecule has 0 aromatic heterocycles. The average Bonchev–Trinajstić information content (AvgIpc) is 2.40. The summed E-state index contributed by atoms with van der Waals surface area (Å²) in [6, 6.07) is 8.84. The second-order valence-electron chi connectivity index (χ2n) is 5.49. The SMILES string of the molecule is CCc1ccc(CNCC2CCCC(O)C2)cc1. The third-order valence-electron chi connectivity index (χ3n) is 3.95. The van der Waals surface area contributed by atoms with Crippen molar-refractivity contribution in [2.45, 2.75) is 51.7 Å². The normalized spacial score (nSPS) is 24.1. The molecule has 0 radical (unpaired) electrons. The van der Waals surface area contributed by atoms with Crippen molar-refractivity contribution in [3.63, 3.8) is 0 Å². The van der Waals surface area contributed by atoms with Gasteiger partial charge in [-0.05, 0) is 49.3 Å². The Morgan fingerprint density at radius 1 is 1.17 bits per heavy atom. The van der Waals surface area contributed by atoms with Crippen molar-refractivity contribution >= 4 is 0 Å². The van der Waals surface area contributed by atoms with Crippen LogP contribution in [-0.2, 0) is 13.0 Å². The van der Waals surface area contributed by atoms with Crippen LogP contribution in [0.5, 0.6) is 0 Å². The van der Waals surface area contributed by atoms with E-state index in [1.54, 1.807) is 0 Å². The molecule has 1 aliphatic carbocycles. The molecule has 0 spiro atoms. The predicted molar refractivity (Wildman–Crippen MR) is 75.5 cm³/mol. The van der Waals surface area contributed by atoms with Crippen molar-refractivity contribution in [1.82, 2.24) is 5.32 Å². The van der Waals surface area contributed by atoms with Gasteiger partial charge in [0.1, 0.15) is 0 Å². The Hall–Kier alpha value is -0.860.